The Hall–Kier alpha value is -3.83. The van der Waals surface area contributed by atoms with E-state index in [1.165, 1.54) is 0 Å². The average molecular weight is 494 g/mol. The number of aromatic nitrogens is 3. The van der Waals surface area contributed by atoms with Gasteiger partial charge in [-0.3, -0.25) is 0 Å². The van der Waals surface area contributed by atoms with Crippen molar-refractivity contribution >= 4 is 38.5 Å². The molecule has 0 spiro atoms. The third-order valence-corrected chi connectivity index (χ3v) is 5.76. The van der Waals surface area contributed by atoms with Crippen molar-refractivity contribution in [2.24, 2.45) is 0 Å². The van der Waals surface area contributed by atoms with Crippen molar-refractivity contribution in [3.63, 3.8) is 0 Å². The minimum Gasteiger partial charge on any atom is -0.455 e. The Morgan fingerprint density at radius 3 is 2.03 bits per heavy atom. The van der Waals surface area contributed by atoms with Crippen LogP contribution in [0.15, 0.2) is 100 Å². The van der Waals surface area contributed by atoms with Gasteiger partial charge in [0.2, 0.25) is 0 Å². The Kier molecular flexibility index (Phi) is 5.71. The van der Waals surface area contributed by atoms with Crippen molar-refractivity contribution in [2.45, 2.75) is 6.92 Å². The average Bonchev–Trinajstić information content (AvgIpc) is 3.22. The van der Waals surface area contributed by atoms with E-state index in [-0.39, 0.29) is 0 Å². The molecule has 33 heavy (non-hydrogen) atoms. The second-order valence-electron chi connectivity index (χ2n) is 7.50. The van der Waals surface area contributed by atoms with E-state index in [9.17, 15) is 0 Å². The van der Waals surface area contributed by atoms with E-state index in [0.717, 1.165) is 32.1 Å². The molecular formula is C28H20BrN3O. The lowest BCUT2D eigenvalue weighted by Crippen LogP contribution is -2.03. The van der Waals surface area contributed by atoms with Gasteiger partial charge in [-0.15, -0.1) is 0 Å². The molecule has 0 bridgehead atoms. The third-order valence-electron chi connectivity index (χ3n) is 5.27. The van der Waals surface area contributed by atoms with Crippen LogP contribution in [0.3, 0.4) is 0 Å². The second kappa shape index (κ2) is 8.96. The monoisotopic (exact) mass is 493 g/mol. The SMILES string of the molecule is C=C(c1nc(-c2ccccc2)nc(-c2ccccc2)n1)c1oc2ccc(Br)cc2c1/C=C\C. The summed E-state index contributed by atoms with van der Waals surface area (Å²) < 4.78 is 7.23. The van der Waals surface area contributed by atoms with Crippen LogP contribution in [0.5, 0.6) is 0 Å². The molecule has 2 aromatic heterocycles. The van der Waals surface area contributed by atoms with Crippen LogP contribution in [0.4, 0.5) is 0 Å². The molecule has 0 atom stereocenters. The van der Waals surface area contributed by atoms with Gasteiger partial charge >= 0.3 is 0 Å². The fourth-order valence-electron chi connectivity index (χ4n) is 3.69. The largest absolute Gasteiger partial charge is 0.455 e. The van der Waals surface area contributed by atoms with Gasteiger partial charge in [0.25, 0.3) is 0 Å². The fraction of sp³-hybridized carbons (Fsp3) is 0.0357. The molecule has 5 heteroatoms. The number of halogens is 1. The number of rotatable bonds is 5. The zero-order valence-electron chi connectivity index (χ0n) is 18.0. The summed E-state index contributed by atoms with van der Waals surface area (Å²) in [6, 6.07) is 25.7. The van der Waals surface area contributed by atoms with Crippen molar-refractivity contribution in [1.82, 2.24) is 15.0 Å². The molecule has 2 heterocycles. The molecule has 0 saturated heterocycles. The minimum absolute atomic E-state index is 0.478. The minimum atomic E-state index is 0.478. The van der Waals surface area contributed by atoms with Crippen LogP contribution >= 0.6 is 15.9 Å². The van der Waals surface area contributed by atoms with Gasteiger partial charge in [-0.05, 0) is 25.1 Å². The fourth-order valence-corrected chi connectivity index (χ4v) is 4.05. The molecule has 0 saturated carbocycles. The summed E-state index contributed by atoms with van der Waals surface area (Å²) in [5, 5.41) is 0.999. The Labute approximate surface area is 200 Å². The number of benzene rings is 3. The highest BCUT2D eigenvalue weighted by Gasteiger charge is 2.20. The van der Waals surface area contributed by atoms with E-state index in [0.29, 0.717) is 28.8 Å². The van der Waals surface area contributed by atoms with Gasteiger partial charge in [0.1, 0.15) is 11.3 Å². The maximum absolute atomic E-state index is 6.24. The summed E-state index contributed by atoms with van der Waals surface area (Å²) >= 11 is 3.56. The molecule has 3 aromatic carbocycles. The first kappa shape index (κ1) is 21.0. The topological polar surface area (TPSA) is 51.8 Å². The van der Waals surface area contributed by atoms with Crippen molar-refractivity contribution in [3.8, 4) is 22.8 Å². The normalized spacial score (nSPS) is 11.3. The summed E-state index contributed by atoms with van der Waals surface area (Å²) in [5.41, 5.74) is 4.15. The number of hydrogen-bond acceptors (Lipinski definition) is 4. The Bertz CT molecular complexity index is 1430. The predicted molar refractivity (Wildman–Crippen MR) is 137 cm³/mol. The van der Waals surface area contributed by atoms with Gasteiger partial charge in [-0.2, -0.15) is 0 Å². The van der Waals surface area contributed by atoms with E-state index in [1.807, 2.05) is 97.9 Å². The number of furan rings is 1. The van der Waals surface area contributed by atoms with Gasteiger partial charge in [0.05, 0.1) is 5.57 Å². The lowest BCUT2D eigenvalue weighted by Gasteiger charge is -2.09. The van der Waals surface area contributed by atoms with Gasteiger partial charge in [-0.25, -0.2) is 15.0 Å². The van der Waals surface area contributed by atoms with E-state index in [1.54, 1.807) is 0 Å². The Balaban J connectivity index is 1.71. The first-order chi connectivity index (χ1) is 16.1. The van der Waals surface area contributed by atoms with Crippen LogP contribution in [0.25, 0.3) is 45.4 Å². The molecule has 0 aliphatic carbocycles. The van der Waals surface area contributed by atoms with Crippen LogP contribution in [-0.4, -0.2) is 15.0 Å². The first-order valence-electron chi connectivity index (χ1n) is 10.6. The van der Waals surface area contributed by atoms with Crippen LogP contribution in [0.2, 0.25) is 0 Å². The Morgan fingerprint density at radius 2 is 1.45 bits per heavy atom. The quantitative estimate of drug-likeness (QED) is 0.250. The van der Waals surface area contributed by atoms with Gasteiger partial charge in [0, 0.05) is 26.5 Å². The number of allylic oxidation sites excluding steroid dienone is 1. The number of nitrogens with zero attached hydrogens (tertiary/aromatic N) is 3. The highest BCUT2D eigenvalue weighted by Crippen LogP contribution is 2.35. The molecule has 0 aliphatic heterocycles. The van der Waals surface area contributed by atoms with E-state index < -0.39 is 0 Å². The number of hydrogen-bond donors (Lipinski definition) is 0. The summed E-state index contributed by atoms with van der Waals surface area (Å²) in [5.74, 6) is 2.30. The smallest absolute Gasteiger partial charge is 0.167 e. The lowest BCUT2D eigenvalue weighted by atomic mass is 10.1. The van der Waals surface area contributed by atoms with Crippen LogP contribution in [0.1, 0.15) is 24.1 Å². The zero-order valence-corrected chi connectivity index (χ0v) is 19.6. The van der Waals surface area contributed by atoms with E-state index >= 15 is 0 Å². The highest BCUT2D eigenvalue weighted by molar-refractivity contribution is 9.10. The molecule has 0 N–H and O–H groups in total. The van der Waals surface area contributed by atoms with Crippen LogP contribution in [-0.2, 0) is 0 Å². The molecule has 5 aromatic rings. The second-order valence-corrected chi connectivity index (χ2v) is 8.42. The molecule has 160 valence electrons. The molecule has 4 nitrogen and oxygen atoms in total. The molecule has 0 fully saturated rings. The highest BCUT2D eigenvalue weighted by atomic mass is 79.9. The standard InChI is InChI=1S/C28H20BrN3O/c1-3-10-22-23-17-21(29)15-16-24(23)33-25(22)18(2)26-30-27(19-11-6-4-7-12-19)32-28(31-26)20-13-8-5-9-14-20/h3-17H,2H2,1H3/b10-3-. The molecule has 0 aliphatic rings. The van der Waals surface area contributed by atoms with Crippen molar-refractivity contribution in [1.29, 1.82) is 0 Å². The summed E-state index contributed by atoms with van der Waals surface area (Å²) in [7, 11) is 0. The van der Waals surface area contributed by atoms with Gasteiger partial charge in [0.15, 0.2) is 17.5 Å². The summed E-state index contributed by atoms with van der Waals surface area (Å²) in [4.78, 5) is 14.3. The van der Waals surface area contributed by atoms with E-state index in [2.05, 4.69) is 22.5 Å². The Morgan fingerprint density at radius 1 is 0.848 bits per heavy atom. The third kappa shape index (κ3) is 4.15. The maximum Gasteiger partial charge on any atom is 0.167 e. The molecule has 0 amide bonds. The van der Waals surface area contributed by atoms with E-state index in [4.69, 9.17) is 19.4 Å². The van der Waals surface area contributed by atoms with Gasteiger partial charge < -0.3 is 4.42 Å². The van der Waals surface area contributed by atoms with Gasteiger partial charge in [-0.1, -0.05) is 95.3 Å². The molecule has 0 unspecified atom stereocenters. The molecule has 5 rings (SSSR count). The molecular weight excluding hydrogens is 474 g/mol. The lowest BCUT2D eigenvalue weighted by molar-refractivity contribution is 0.598. The molecule has 0 radical (unpaired) electrons. The van der Waals surface area contributed by atoms with Crippen molar-refractivity contribution in [3.05, 3.63) is 113 Å². The zero-order chi connectivity index (χ0) is 22.8. The van der Waals surface area contributed by atoms with Crippen LogP contribution < -0.4 is 0 Å². The maximum atomic E-state index is 6.24. The summed E-state index contributed by atoms with van der Waals surface area (Å²) in [6.07, 6.45) is 4.01. The number of fused-ring (bicyclic) bond motifs is 1. The summed E-state index contributed by atoms with van der Waals surface area (Å²) in [6.45, 7) is 6.31. The van der Waals surface area contributed by atoms with Crippen molar-refractivity contribution in [2.75, 3.05) is 0 Å². The first-order valence-corrected chi connectivity index (χ1v) is 11.3. The van der Waals surface area contributed by atoms with Crippen molar-refractivity contribution < 1.29 is 4.42 Å². The van der Waals surface area contributed by atoms with Crippen LogP contribution in [0, 0.1) is 0 Å². The predicted octanol–water partition coefficient (Wildman–Crippen LogP) is 7.81.